The van der Waals surface area contributed by atoms with Gasteiger partial charge in [-0.25, -0.2) is 0 Å². The number of rotatable bonds is 0. The largest absolute Gasteiger partial charge is 0.377 e. The summed E-state index contributed by atoms with van der Waals surface area (Å²) in [6.07, 6.45) is 7.02. The molecule has 194 valence electrons. The lowest BCUT2D eigenvalue weighted by atomic mass is 9.70. The Morgan fingerprint density at radius 2 is 1.46 bits per heavy atom. The highest BCUT2D eigenvalue weighted by molar-refractivity contribution is 9.10. The molecule has 2 nitrogen and oxygen atoms in total. The summed E-state index contributed by atoms with van der Waals surface area (Å²) in [7, 11) is 0. The molecule has 41 heavy (non-hydrogen) atoms. The molecule has 0 radical (unpaired) electrons. The fourth-order valence-electron chi connectivity index (χ4n) is 8.51. The maximum absolute atomic E-state index is 3.96. The first-order valence-electron chi connectivity index (χ1n) is 14.4. The van der Waals surface area contributed by atoms with E-state index in [2.05, 4.69) is 142 Å². The van der Waals surface area contributed by atoms with Crippen molar-refractivity contribution in [3.63, 3.8) is 0 Å². The zero-order valence-electron chi connectivity index (χ0n) is 22.4. The topological polar surface area (TPSA) is 27.8 Å². The number of halogens is 1. The minimum Gasteiger partial charge on any atom is -0.377 e. The van der Waals surface area contributed by atoms with E-state index in [1.165, 1.54) is 83.1 Å². The Morgan fingerprint density at radius 1 is 0.732 bits per heavy atom. The first-order valence-corrected chi connectivity index (χ1v) is 15.2. The molecule has 3 atom stereocenters. The molecule has 3 heteroatoms. The lowest BCUT2D eigenvalue weighted by Crippen LogP contribution is -2.25. The molecular formula is C38H25BrN2. The second-order valence-corrected chi connectivity index (χ2v) is 12.9. The van der Waals surface area contributed by atoms with Crippen molar-refractivity contribution in [2.24, 2.45) is 0 Å². The van der Waals surface area contributed by atoms with Gasteiger partial charge in [0, 0.05) is 43.5 Å². The first kappa shape index (κ1) is 22.4. The SMILES string of the molecule is CC1=CC2c3ccc4c(c3NC2C=C1)-c1ccccc1C41c2ccccc2-c2c1ccc1c2[nH]c2ccc(Br)cc21. The Bertz CT molecular complexity index is 2230. The molecule has 1 aliphatic heterocycles. The van der Waals surface area contributed by atoms with Gasteiger partial charge in [-0.3, -0.25) is 0 Å². The van der Waals surface area contributed by atoms with Crippen LogP contribution in [-0.4, -0.2) is 11.0 Å². The molecule has 1 aromatic heterocycles. The van der Waals surface area contributed by atoms with Gasteiger partial charge in [0.2, 0.25) is 0 Å². The average Bonchev–Trinajstić information content (AvgIpc) is 3.71. The zero-order chi connectivity index (χ0) is 27.0. The van der Waals surface area contributed by atoms with Crippen LogP contribution < -0.4 is 5.32 Å². The van der Waals surface area contributed by atoms with Crippen LogP contribution >= 0.6 is 15.9 Å². The van der Waals surface area contributed by atoms with Crippen LogP contribution in [0.3, 0.4) is 0 Å². The Labute approximate surface area is 246 Å². The van der Waals surface area contributed by atoms with Gasteiger partial charge in [0.05, 0.1) is 17.0 Å². The summed E-state index contributed by atoms with van der Waals surface area (Å²) in [6, 6.07) is 34.6. The second kappa shape index (κ2) is 7.48. The summed E-state index contributed by atoms with van der Waals surface area (Å²) in [6.45, 7) is 2.21. The van der Waals surface area contributed by atoms with E-state index in [0.29, 0.717) is 12.0 Å². The number of aromatic amines is 1. The maximum atomic E-state index is 3.96. The fraction of sp³-hybridized carbons (Fsp3) is 0.105. The van der Waals surface area contributed by atoms with Crippen molar-refractivity contribution in [1.29, 1.82) is 0 Å². The smallest absolute Gasteiger partial charge is 0.0727 e. The summed E-state index contributed by atoms with van der Waals surface area (Å²) in [5.74, 6) is 0.373. The summed E-state index contributed by atoms with van der Waals surface area (Å²) in [5.41, 5.74) is 17.0. The number of anilines is 1. The molecular weight excluding hydrogens is 564 g/mol. The van der Waals surface area contributed by atoms with E-state index in [9.17, 15) is 0 Å². The number of benzene rings is 5. The highest BCUT2D eigenvalue weighted by Crippen LogP contribution is 2.66. The predicted molar refractivity (Wildman–Crippen MR) is 173 cm³/mol. The van der Waals surface area contributed by atoms with Gasteiger partial charge < -0.3 is 10.3 Å². The van der Waals surface area contributed by atoms with Crippen LogP contribution in [0.1, 0.15) is 40.7 Å². The van der Waals surface area contributed by atoms with Gasteiger partial charge in [-0.05, 0) is 64.1 Å². The highest BCUT2D eigenvalue weighted by Gasteiger charge is 2.53. The van der Waals surface area contributed by atoms with Crippen molar-refractivity contribution < 1.29 is 0 Å². The summed E-state index contributed by atoms with van der Waals surface area (Å²) < 4.78 is 1.10. The van der Waals surface area contributed by atoms with E-state index in [1.54, 1.807) is 0 Å². The minimum absolute atomic E-state index is 0.303. The van der Waals surface area contributed by atoms with E-state index in [4.69, 9.17) is 0 Å². The van der Waals surface area contributed by atoms with Crippen LogP contribution in [-0.2, 0) is 5.41 Å². The monoisotopic (exact) mass is 588 g/mol. The van der Waals surface area contributed by atoms with E-state index >= 15 is 0 Å². The molecule has 3 aliphatic carbocycles. The van der Waals surface area contributed by atoms with Crippen molar-refractivity contribution in [2.75, 3.05) is 5.32 Å². The standard InChI is InChI=1S/C38H25BrN2/c1-20-10-16-32-26(18-20)22-12-14-30-34(36(22)40-32)24-6-2-4-8-28(24)38(30)29-9-5-3-7-25(29)35-31(38)15-13-23-27-19-21(39)11-17-33(27)41-37(23)35/h2-19,26,32,40-41H,1H3. The number of aromatic nitrogens is 1. The number of hydrogen-bond donors (Lipinski definition) is 2. The molecule has 0 bridgehead atoms. The van der Waals surface area contributed by atoms with Gasteiger partial charge >= 0.3 is 0 Å². The molecule has 2 heterocycles. The van der Waals surface area contributed by atoms with Crippen LogP contribution in [0.2, 0.25) is 0 Å². The lowest BCUT2D eigenvalue weighted by Gasteiger charge is -2.30. The van der Waals surface area contributed by atoms with Gasteiger partial charge in [-0.2, -0.15) is 0 Å². The molecule has 0 amide bonds. The quantitative estimate of drug-likeness (QED) is 0.181. The van der Waals surface area contributed by atoms with Gasteiger partial charge in [0.1, 0.15) is 0 Å². The Morgan fingerprint density at radius 3 is 2.29 bits per heavy atom. The molecule has 10 rings (SSSR count). The summed E-state index contributed by atoms with van der Waals surface area (Å²) in [4.78, 5) is 3.83. The minimum atomic E-state index is -0.365. The summed E-state index contributed by atoms with van der Waals surface area (Å²) >= 11 is 3.70. The first-order chi connectivity index (χ1) is 20.1. The Kier molecular flexibility index (Phi) is 4.08. The van der Waals surface area contributed by atoms with Crippen molar-refractivity contribution >= 4 is 43.4 Å². The Hall–Kier alpha value is -4.34. The molecule has 2 N–H and O–H groups in total. The number of hydrogen-bond acceptors (Lipinski definition) is 1. The molecule has 0 fully saturated rings. The van der Waals surface area contributed by atoms with E-state index in [1.807, 2.05) is 0 Å². The molecule has 6 aromatic rings. The van der Waals surface area contributed by atoms with Gasteiger partial charge in [0.15, 0.2) is 0 Å². The third kappa shape index (κ3) is 2.56. The van der Waals surface area contributed by atoms with Gasteiger partial charge in [-0.15, -0.1) is 0 Å². The molecule has 0 saturated carbocycles. The molecule has 4 aliphatic rings. The van der Waals surface area contributed by atoms with Crippen molar-refractivity contribution in [1.82, 2.24) is 4.98 Å². The van der Waals surface area contributed by atoms with E-state index in [0.717, 1.165) is 4.47 Å². The number of fused-ring (bicyclic) bond motifs is 18. The molecule has 3 unspecified atom stereocenters. The van der Waals surface area contributed by atoms with Crippen LogP contribution in [0, 0.1) is 0 Å². The van der Waals surface area contributed by atoms with Crippen LogP contribution in [0.5, 0.6) is 0 Å². The van der Waals surface area contributed by atoms with Crippen molar-refractivity contribution in [3.05, 3.63) is 147 Å². The van der Waals surface area contributed by atoms with Crippen molar-refractivity contribution in [3.8, 4) is 22.3 Å². The van der Waals surface area contributed by atoms with E-state index < -0.39 is 0 Å². The van der Waals surface area contributed by atoms with Gasteiger partial charge in [0.25, 0.3) is 0 Å². The summed E-state index contributed by atoms with van der Waals surface area (Å²) in [5, 5.41) is 6.49. The predicted octanol–water partition coefficient (Wildman–Crippen LogP) is 9.82. The number of H-pyrrole nitrogens is 1. The van der Waals surface area contributed by atoms with Crippen LogP contribution in [0.25, 0.3) is 44.1 Å². The molecule has 5 aromatic carbocycles. The third-order valence-corrected chi connectivity index (χ3v) is 10.5. The average molecular weight is 590 g/mol. The Balaban J connectivity index is 1.35. The van der Waals surface area contributed by atoms with Crippen molar-refractivity contribution in [2.45, 2.75) is 24.3 Å². The maximum Gasteiger partial charge on any atom is 0.0727 e. The fourth-order valence-corrected chi connectivity index (χ4v) is 8.87. The normalized spacial score (nSPS) is 22.2. The van der Waals surface area contributed by atoms with E-state index in [-0.39, 0.29) is 5.41 Å². The van der Waals surface area contributed by atoms with Crippen LogP contribution in [0.4, 0.5) is 5.69 Å². The second-order valence-electron chi connectivity index (χ2n) is 12.0. The van der Waals surface area contributed by atoms with Crippen LogP contribution in [0.15, 0.2) is 119 Å². The lowest BCUT2D eigenvalue weighted by molar-refractivity contribution is 0.790. The number of nitrogens with one attached hydrogen (secondary N) is 2. The number of allylic oxidation sites excluding steroid dienone is 2. The highest BCUT2D eigenvalue weighted by atomic mass is 79.9. The zero-order valence-corrected chi connectivity index (χ0v) is 24.0. The third-order valence-electron chi connectivity index (χ3n) is 10.0. The molecule has 0 saturated heterocycles. The molecule has 1 spiro atoms. The van der Waals surface area contributed by atoms with Gasteiger partial charge in [-0.1, -0.05) is 113 Å².